The molecule has 1 aliphatic heterocycles. The molecule has 17 heavy (non-hydrogen) atoms. The predicted octanol–water partition coefficient (Wildman–Crippen LogP) is 3.19. The molecule has 3 nitrogen and oxygen atoms in total. The maximum absolute atomic E-state index is 11.2. The lowest BCUT2D eigenvalue weighted by Gasteiger charge is -2.04. The highest BCUT2D eigenvalue weighted by molar-refractivity contribution is 6.02. The van der Waals surface area contributed by atoms with Crippen LogP contribution in [0.15, 0.2) is 0 Å². The third-order valence-electron chi connectivity index (χ3n) is 3.41. The van der Waals surface area contributed by atoms with Crippen LogP contribution in [0.25, 0.3) is 0 Å². The first-order valence-electron chi connectivity index (χ1n) is 7.02. The second kappa shape index (κ2) is 8.26. The van der Waals surface area contributed by atoms with Gasteiger partial charge in [0.1, 0.15) is 0 Å². The monoisotopic (exact) mass is 238 g/mol. The Morgan fingerprint density at radius 2 is 1.59 bits per heavy atom. The number of rotatable bonds is 9. The van der Waals surface area contributed by atoms with Crippen LogP contribution in [0.3, 0.4) is 0 Å². The van der Waals surface area contributed by atoms with E-state index in [1.807, 2.05) is 0 Å². The Bertz CT molecular complexity index is 251. The molecular weight excluding hydrogens is 214 g/mol. The summed E-state index contributed by atoms with van der Waals surface area (Å²) in [5.74, 6) is -0.500. The average Bonchev–Trinajstić information content (AvgIpc) is 2.61. The molecule has 1 fully saturated rings. The maximum atomic E-state index is 11.2. The van der Waals surface area contributed by atoms with Gasteiger partial charge in [0.2, 0.25) is 5.91 Å². The van der Waals surface area contributed by atoms with E-state index in [0.717, 1.165) is 12.8 Å². The van der Waals surface area contributed by atoms with E-state index in [-0.39, 0.29) is 17.7 Å². The standard InChI is InChI=1S/C14H24NO2/c1-2-3-4-5-6-7-8-9-10-12-11-13(16)15-14(12)17/h12H,2-11H2,1H3. The summed E-state index contributed by atoms with van der Waals surface area (Å²) in [5.41, 5.74) is 0. The van der Waals surface area contributed by atoms with E-state index < -0.39 is 0 Å². The Labute approximate surface area is 104 Å². The minimum Gasteiger partial charge on any atom is -0.272 e. The summed E-state index contributed by atoms with van der Waals surface area (Å²) in [6.07, 6.45) is 11.4. The van der Waals surface area contributed by atoms with Gasteiger partial charge in [0, 0.05) is 12.3 Å². The van der Waals surface area contributed by atoms with Crippen molar-refractivity contribution in [3.63, 3.8) is 0 Å². The van der Waals surface area contributed by atoms with Gasteiger partial charge < -0.3 is 0 Å². The van der Waals surface area contributed by atoms with Crippen molar-refractivity contribution in [2.45, 2.75) is 71.1 Å². The Kier molecular flexibility index (Phi) is 6.90. The lowest BCUT2D eigenvalue weighted by atomic mass is 9.99. The fourth-order valence-corrected chi connectivity index (χ4v) is 2.31. The number of carbonyl (C=O) groups is 2. The molecule has 1 radical (unpaired) electrons. The van der Waals surface area contributed by atoms with Gasteiger partial charge in [0.15, 0.2) is 0 Å². The molecule has 3 heteroatoms. The van der Waals surface area contributed by atoms with Crippen LogP contribution in [-0.4, -0.2) is 11.8 Å². The molecule has 0 aromatic carbocycles. The minimum atomic E-state index is -0.223. The van der Waals surface area contributed by atoms with Gasteiger partial charge in [-0.2, -0.15) is 5.32 Å². The largest absolute Gasteiger partial charge is 0.272 e. The van der Waals surface area contributed by atoms with Crippen molar-refractivity contribution in [3.05, 3.63) is 0 Å². The summed E-state index contributed by atoms with van der Waals surface area (Å²) >= 11 is 0. The maximum Gasteiger partial charge on any atom is 0.252 e. The second-order valence-corrected chi connectivity index (χ2v) is 5.01. The predicted molar refractivity (Wildman–Crippen MR) is 67.5 cm³/mol. The van der Waals surface area contributed by atoms with Gasteiger partial charge in [-0.1, -0.05) is 58.3 Å². The van der Waals surface area contributed by atoms with E-state index in [4.69, 9.17) is 0 Å². The molecule has 2 amide bonds. The number of carbonyl (C=O) groups excluding carboxylic acids is 2. The molecule has 0 aromatic rings. The molecule has 0 N–H and O–H groups in total. The molecule has 1 saturated heterocycles. The van der Waals surface area contributed by atoms with Crippen LogP contribution in [-0.2, 0) is 9.59 Å². The first kappa shape index (κ1) is 14.2. The van der Waals surface area contributed by atoms with Crippen molar-refractivity contribution in [2.75, 3.05) is 0 Å². The van der Waals surface area contributed by atoms with Crippen molar-refractivity contribution >= 4 is 11.8 Å². The zero-order valence-corrected chi connectivity index (χ0v) is 10.9. The number of hydrogen-bond acceptors (Lipinski definition) is 2. The zero-order chi connectivity index (χ0) is 12.5. The molecule has 1 rings (SSSR count). The molecule has 0 bridgehead atoms. The third-order valence-corrected chi connectivity index (χ3v) is 3.41. The van der Waals surface area contributed by atoms with Crippen LogP contribution in [0.5, 0.6) is 0 Å². The van der Waals surface area contributed by atoms with E-state index >= 15 is 0 Å². The Morgan fingerprint density at radius 1 is 1.00 bits per heavy atom. The highest BCUT2D eigenvalue weighted by Gasteiger charge is 2.31. The second-order valence-electron chi connectivity index (χ2n) is 5.01. The molecule has 1 unspecified atom stereocenters. The molecule has 1 heterocycles. The van der Waals surface area contributed by atoms with Crippen molar-refractivity contribution in [1.82, 2.24) is 5.32 Å². The fraction of sp³-hybridized carbons (Fsp3) is 0.857. The van der Waals surface area contributed by atoms with Crippen LogP contribution < -0.4 is 5.32 Å². The van der Waals surface area contributed by atoms with Gasteiger partial charge in [0.25, 0.3) is 5.91 Å². The summed E-state index contributed by atoms with van der Waals surface area (Å²) < 4.78 is 0. The fourth-order valence-electron chi connectivity index (χ4n) is 2.31. The SMILES string of the molecule is CCCCCCCCCCC1CC(=O)[N]C1=O. The van der Waals surface area contributed by atoms with Gasteiger partial charge in [-0.15, -0.1) is 0 Å². The van der Waals surface area contributed by atoms with Crippen LogP contribution in [0, 0.1) is 5.92 Å². The molecular formula is C14H24NO2. The van der Waals surface area contributed by atoms with Crippen molar-refractivity contribution in [1.29, 1.82) is 0 Å². The molecule has 0 aliphatic carbocycles. The first-order chi connectivity index (χ1) is 8.24. The number of imide groups is 1. The van der Waals surface area contributed by atoms with Gasteiger partial charge in [-0.05, 0) is 6.42 Å². The highest BCUT2D eigenvalue weighted by Crippen LogP contribution is 2.20. The van der Waals surface area contributed by atoms with Gasteiger partial charge in [-0.25, -0.2) is 0 Å². The molecule has 0 spiro atoms. The number of nitrogens with zero attached hydrogens (tertiary/aromatic N) is 1. The number of unbranched alkanes of at least 4 members (excludes halogenated alkanes) is 7. The molecule has 0 saturated carbocycles. The molecule has 0 aromatic heterocycles. The topological polar surface area (TPSA) is 48.2 Å². The van der Waals surface area contributed by atoms with E-state index in [2.05, 4.69) is 12.2 Å². The number of amides is 2. The normalized spacial score (nSPS) is 19.7. The van der Waals surface area contributed by atoms with Crippen molar-refractivity contribution in [2.24, 2.45) is 5.92 Å². The molecule has 1 aliphatic rings. The molecule has 97 valence electrons. The smallest absolute Gasteiger partial charge is 0.252 e. The average molecular weight is 238 g/mol. The summed E-state index contributed by atoms with van der Waals surface area (Å²) in [5, 5.41) is 3.44. The summed E-state index contributed by atoms with van der Waals surface area (Å²) in [7, 11) is 0. The van der Waals surface area contributed by atoms with Crippen molar-refractivity contribution in [3.8, 4) is 0 Å². The van der Waals surface area contributed by atoms with Crippen LogP contribution >= 0.6 is 0 Å². The first-order valence-corrected chi connectivity index (χ1v) is 7.02. The number of hydrogen-bond donors (Lipinski definition) is 0. The van der Waals surface area contributed by atoms with Crippen molar-refractivity contribution < 1.29 is 9.59 Å². The van der Waals surface area contributed by atoms with Gasteiger partial charge in [0.05, 0.1) is 0 Å². The Balaban J connectivity index is 1.91. The zero-order valence-electron chi connectivity index (χ0n) is 10.9. The quantitative estimate of drug-likeness (QED) is 0.457. The van der Waals surface area contributed by atoms with E-state index in [1.165, 1.54) is 44.9 Å². The molecule has 1 atom stereocenters. The van der Waals surface area contributed by atoms with E-state index in [1.54, 1.807) is 0 Å². The highest BCUT2D eigenvalue weighted by atomic mass is 16.2. The third kappa shape index (κ3) is 5.85. The van der Waals surface area contributed by atoms with Crippen LogP contribution in [0.1, 0.15) is 71.1 Å². The summed E-state index contributed by atoms with van der Waals surface area (Å²) in [6.45, 7) is 2.23. The van der Waals surface area contributed by atoms with Crippen LogP contribution in [0.2, 0.25) is 0 Å². The van der Waals surface area contributed by atoms with Gasteiger partial charge in [-0.3, -0.25) is 9.59 Å². The van der Waals surface area contributed by atoms with Crippen LogP contribution in [0.4, 0.5) is 0 Å². The summed E-state index contributed by atoms with van der Waals surface area (Å²) in [6, 6.07) is 0. The lowest BCUT2D eigenvalue weighted by Crippen LogP contribution is -2.14. The van der Waals surface area contributed by atoms with E-state index in [9.17, 15) is 9.59 Å². The Hall–Kier alpha value is -0.860. The van der Waals surface area contributed by atoms with E-state index in [0.29, 0.717) is 6.42 Å². The minimum absolute atomic E-state index is 0.0948. The van der Waals surface area contributed by atoms with Gasteiger partial charge >= 0.3 is 0 Å². The summed E-state index contributed by atoms with van der Waals surface area (Å²) in [4.78, 5) is 22.1. The lowest BCUT2D eigenvalue weighted by molar-refractivity contribution is -0.126. The Morgan fingerprint density at radius 3 is 2.12 bits per heavy atom.